The Bertz CT molecular complexity index is 479. The minimum atomic E-state index is 0.923. The van der Waals surface area contributed by atoms with Gasteiger partial charge in [0, 0.05) is 12.6 Å². The number of aliphatic imine (C=N–C) groups is 1. The maximum Gasteiger partial charge on any atom is 0.0671 e. The molecule has 0 bridgehead atoms. The van der Waals surface area contributed by atoms with Crippen molar-refractivity contribution in [3.8, 4) is 0 Å². The first-order valence-electron chi connectivity index (χ1n) is 5.05. The topological polar surface area (TPSA) is 12.4 Å². The number of fused-ring (bicyclic) bond motifs is 2. The fourth-order valence-corrected chi connectivity index (χ4v) is 1.88. The van der Waals surface area contributed by atoms with Gasteiger partial charge in [-0.05, 0) is 28.8 Å². The maximum atomic E-state index is 4.47. The number of nitrogens with zero attached hydrogens (tertiary/aromatic N) is 1. The smallest absolute Gasteiger partial charge is 0.0671 e. The second-order valence-electron chi connectivity index (χ2n) is 3.67. The Hall–Kier alpha value is -1.89. The highest BCUT2D eigenvalue weighted by Crippen LogP contribution is 2.25. The first kappa shape index (κ1) is 8.42. The molecule has 0 saturated heterocycles. The molecule has 1 aliphatic rings. The van der Waals surface area contributed by atoms with E-state index < -0.39 is 0 Å². The highest BCUT2D eigenvalue weighted by Gasteiger charge is 2.08. The van der Waals surface area contributed by atoms with Crippen LogP contribution < -0.4 is 0 Å². The lowest BCUT2D eigenvalue weighted by atomic mass is 10.0. The second kappa shape index (κ2) is 3.35. The van der Waals surface area contributed by atoms with Crippen LogP contribution in [-0.2, 0) is 6.42 Å². The van der Waals surface area contributed by atoms with E-state index in [9.17, 15) is 0 Å². The lowest BCUT2D eigenvalue weighted by Gasteiger charge is -2.03. The van der Waals surface area contributed by atoms with Crippen molar-refractivity contribution in [2.75, 3.05) is 0 Å². The minimum absolute atomic E-state index is 0.923. The van der Waals surface area contributed by atoms with Crippen molar-refractivity contribution in [2.24, 2.45) is 4.99 Å². The molecule has 2 aromatic rings. The van der Waals surface area contributed by atoms with Gasteiger partial charge in [-0.3, -0.25) is 4.99 Å². The molecule has 1 heteroatoms. The molecule has 1 heterocycles. The number of rotatable bonds is 0. The van der Waals surface area contributed by atoms with Gasteiger partial charge < -0.3 is 0 Å². The highest BCUT2D eigenvalue weighted by atomic mass is 14.7. The SMILES string of the molecule is [c]1cccc2c1Cc1ccccc1C=N2. The van der Waals surface area contributed by atoms with Crippen molar-refractivity contribution < 1.29 is 0 Å². The first-order valence-corrected chi connectivity index (χ1v) is 5.05. The number of hydrogen-bond donors (Lipinski definition) is 0. The van der Waals surface area contributed by atoms with Crippen LogP contribution in [0.4, 0.5) is 5.69 Å². The van der Waals surface area contributed by atoms with Gasteiger partial charge >= 0.3 is 0 Å². The van der Waals surface area contributed by atoms with Crippen molar-refractivity contribution in [3.63, 3.8) is 0 Å². The van der Waals surface area contributed by atoms with Crippen molar-refractivity contribution in [1.82, 2.24) is 0 Å². The summed E-state index contributed by atoms with van der Waals surface area (Å²) in [6.45, 7) is 0. The Morgan fingerprint density at radius 3 is 3.00 bits per heavy atom. The third-order valence-corrected chi connectivity index (χ3v) is 2.68. The van der Waals surface area contributed by atoms with Crippen molar-refractivity contribution in [1.29, 1.82) is 0 Å². The van der Waals surface area contributed by atoms with Gasteiger partial charge in [-0.1, -0.05) is 36.4 Å². The zero-order valence-electron chi connectivity index (χ0n) is 8.27. The summed E-state index contributed by atoms with van der Waals surface area (Å²) in [7, 11) is 0. The zero-order valence-corrected chi connectivity index (χ0v) is 8.27. The van der Waals surface area contributed by atoms with Crippen LogP contribution in [0.5, 0.6) is 0 Å². The normalized spacial score (nSPS) is 12.8. The second-order valence-corrected chi connectivity index (χ2v) is 3.67. The number of benzene rings is 2. The van der Waals surface area contributed by atoms with Gasteiger partial charge in [0.15, 0.2) is 0 Å². The molecule has 0 amide bonds. The summed E-state index contributed by atoms with van der Waals surface area (Å²) in [5, 5.41) is 0. The van der Waals surface area contributed by atoms with Gasteiger partial charge in [0.25, 0.3) is 0 Å². The third-order valence-electron chi connectivity index (χ3n) is 2.68. The third kappa shape index (κ3) is 1.46. The molecule has 3 rings (SSSR count). The Morgan fingerprint density at radius 2 is 2.00 bits per heavy atom. The number of hydrogen-bond acceptors (Lipinski definition) is 1. The van der Waals surface area contributed by atoms with E-state index in [0.717, 1.165) is 12.1 Å². The van der Waals surface area contributed by atoms with Crippen molar-refractivity contribution in [3.05, 3.63) is 65.2 Å². The molecular formula is C14H10N. The van der Waals surface area contributed by atoms with Crippen LogP contribution in [0.1, 0.15) is 16.7 Å². The van der Waals surface area contributed by atoms with Gasteiger partial charge in [-0.25, -0.2) is 0 Å². The summed E-state index contributed by atoms with van der Waals surface area (Å²) in [5.41, 5.74) is 4.75. The van der Waals surface area contributed by atoms with Gasteiger partial charge in [-0.2, -0.15) is 0 Å². The predicted octanol–water partition coefficient (Wildman–Crippen LogP) is 3.14. The molecule has 1 radical (unpaired) electrons. The van der Waals surface area contributed by atoms with E-state index in [0.29, 0.717) is 0 Å². The van der Waals surface area contributed by atoms with E-state index in [1.807, 2.05) is 30.5 Å². The summed E-state index contributed by atoms with van der Waals surface area (Å²) in [4.78, 5) is 4.47. The summed E-state index contributed by atoms with van der Waals surface area (Å²) >= 11 is 0. The van der Waals surface area contributed by atoms with Gasteiger partial charge in [-0.15, -0.1) is 0 Å². The zero-order chi connectivity index (χ0) is 10.1. The standard InChI is InChI=1S/C14H10N/c1-2-7-13-10-15-14-8-4-3-6-12(14)9-11(13)5-1/h1-5,7-8,10H,9H2. The molecule has 71 valence electrons. The Kier molecular flexibility index (Phi) is 1.88. The lowest BCUT2D eigenvalue weighted by molar-refractivity contribution is 1.19. The van der Waals surface area contributed by atoms with Gasteiger partial charge in [0.2, 0.25) is 0 Å². The van der Waals surface area contributed by atoms with E-state index in [-0.39, 0.29) is 0 Å². The van der Waals surface area contributed by atoms with Crippen LogP contribution in [0, 0.1) is 6.07 Å². The summed E-state index contributed by atoms with van der Waals surface area (Å²) in [5.74, 6) is 0. The monoisotopic (exact) mass is 192 g/mol. The van der Waals surface area contributed by atoms with Crippen LogP contribution in [0.3, 0.4) is 0 Å². The molecular weight excluding hydrogens is 182 g/mol. The molecule has 0 atom stereocenters. The van der Waals surface area contributed by atoms with Crippen LogP contribution in [-0.4, -0.2) is 6.21 Å². The molecule has 2 aromatic carbocycles. The molecule has 0 aromatic heterocycles. The van der Waals surface area contributed by atoms with E-state index in [1.165, 1.54) is 16.7 Å². The molecule has 0 saturated carbocycles. The Balaban J connectivity index is 2.19. The molecule has 1 aliphatic heterocycles. The Labute approximate surface area is 89.1 Å². The molecule has 1 nitrogen and oxygen atoms in total. The lowest BCUT2D eigenvalue weighted by Crippen LogP contribution is -1.91. The summed E-state index contributed by atoms with van der Waals surface area (Å²) in [6, 6.07) is 17.6. The molecule has 0 unspecified atom stereocenters. The largest absolute Gasteiger partial charge is 0.256 e. The molecule has 15 heavy (non-hydrogen) atoms. The van der Waals surface area contributed by atoms with E-state index >= 15 is 0 Å². The fourth-order valence-electron chi connectivity index (χ4n) is 1.88. The molecule has 0 N–H and O–H groups in total. The first-order chi connectivity index (χ1) is 7.43. The van der Waals surface area contributed by atoms with Crippen LogP contribution in [0.15, 0.2) is 47.5 Å². The van der Waals surface area contributed by atoms with Gasteiger partial charge in [0.1, 0.15) is 0 Å². The molecule has 0 spiro atoms. The van der Waals surface area contributed by atoms with E-state index in [2.05, 4.69) is 29.3 Å². The predicted molar refractivity (Wildman–Crippen MR) is 61.8 cm³/mol. The summed E-state index contributed by atoms with van der Waals surface area (Å²) in [6.07, 6.45) is 2.86. The average molecular weight is 192 g/mol. The average Bonchev–Trinajstić information content (AvgIpc) is 2.48. The highest BCUT2D eigenvalue weighted by molar-refractivity contribution is 5.85. The minimum Gasteiger partial charge on any atom is -0.256 e. The quantitative estimate of drug-likeness (QED) is 0.519. The summed E-state index contributed by atoms with van der Waals surface area (Å²) < 4.78 is 0. The molecule has 0 fully saturated rings. The Morgan fingerprint density at radius 1 is 1.07 bits per heavy atom. The van der Waals surface area contributed by atoms with E-state index in [1.54, 1.807) is 0 Å². The van der Waals surface area contributed by atoms with Crippen LogP contribution in [0.25, 0.3) is 0 Å². The van der Waals surface area contributed by atoms with Crippen molar-refractivity contribution in [2.45, 2.75) is 6.42 Å². The van der Waals surface area contributed by atoms with Crippen LogP contribution in [0.2, 0.25) is 0 Å². The van der Waals surface area contributed by atoms with E-state index in [4.69, 9.17) is 0 Å². The fraction of sp³-hybridized carbons (Fsp3) is 0.0714. The van der Waals surface area contributed by atoms with Crippen LogP contribution >= 0.6 is 0 Å². The molecule has 0 aliphatic carbocycles. The maximum absolute atomic E-state index is 4.47. The van der Waals surface area contributed by atoms with Gasteiger partial charge in [0.05, 0.1) is 5.69 Å². The van der Waals surface area contributed by atoms with Crippen molar-refractivity contribution >= 4 is 11.9 Å².